The van der Waals surface area contributed by atoms with Crippen LogP contribution >= 0.6 is 12.2 Å². The molecule has 2 bridgehead atoms. The highest BCUT2D eigenvalue weighted by molar-refractivity contribution is 7.80. The minimum absolute atomic E-state index is 0.244. The van der Waals surface area contributed by atoms with E-state index in [0.717, 1.165) is 10.9 Å². The first kappa shape index (κ1) is 10.8. The van der Waals surface area contributed by atoms with Crippen LogP contribution in [0.3, 0.4) is 0 Å². The molecule has 1 N–H and O–H groups in total. The number of ether oxygens (including phenoxy) is 1. The molecule has 90 valence electrons. The molecule has 0 saturated carbocycles. The lowest BCUT2D eigenvalue weighted by molar-refractivity contribution is -0.0998. The fourth-order valence-corrected chi connectivity index (χ4v) is 3.04. The number of nitrogens with one attached hydrogen (secondary N) is 1. The first-order chi connectivity index (χ1) is 8.04. The van der Waals surface area contributed by atoms with Crippen molar-refractivity contribution in [1.29, 1.82) is 0 Å². The molecule has 0 amide bonds. The number of nitrogens with zero attached hydrogens (tertiary/aromatic N) is 1. The van der Waals surface area contributed by atoms with Gasteiger partial charge >= 0.3 is 0 Å². The predicted molar refractivity (Wildman–Crippen MR) is 70.9 cm³/mol. The minimum Gasteiger partial charge on any atom is -0.467 e. The van der Waals surface area contributed by atoms with Crippen molar-refractivity contribution in [3.63, 3.8) is 0 Å². The molecular weight excluding hydrogens is 232 g/mol. The number of thiocarbonyl (C=S) groups is 1. The van der Waals surface area contributed by atoms with Gasteiger partial charge in [0.1, 0.15) is 5.75 Å². The van der Waals surface area contributed by atoms with Crippen LogP contribution in [0.2, 0.25) is 0 Å². The summed E-state index contributed by atoms with van der Waals surface area (Å²) in [7, 11) is 1.98. The molecule has 0 spiro atoms. The Morgan fingerprint density at radius 2 is 2.12 bits per heavy atom. The quantitative estimate of drug-likeness (QED) is 0.712. The van der Waals surface area contributed by atoms with Crippen LogP contribution in [0.1, 0.15) is 25.5 Å². The summed E-state index contributed by atoms with van der Waals surface area (Å²) in [5.74, 6) is 1.30. The van der Waals surface area contributed by atoms with Crippen molar-refractivity contribution in [3.8, 4) is 5.75 Å². The lowest BCUT2D eigenvalue weighted by atomic mass is 9.81. The minimum atomic E-state index is -0.360. The highest BCUT2D eigenvalue weighted by Gasteiger charge is 2.51. The van der Waals surface area contributed by atoms with E-state index >= 15 is 0 Å². The van der Waals surface area contributed by atoms with E-state index in [4.69, 9.17) is 17.0 Å². The summed E-state index contributed by atoms with van der Waals surface area (Å²) in [5, 5.41) is 4.16. The van der Waals surface area contributed by atoms with Gasteiger partial charge in [0.2, 0.25) is 0 Å². The van der Waals surface area contributed by atoms with Crippen molar-refractivity contribution >= 4 is 17.3 Å². The third-order valence-corrected chi connectivity index (χ3v) is 4.56. The molecule has 2 heterocycles. The van der Waals surface area contributed by atoms with Gasteiger partial charge in [-0.25, -0.2) is 0 Å². The third kappa shape index (κ3) is 1.30. The van der Waals surface area contributed by atoms with Gasteiger partial charge in [0, 0.05) is 18.5 Å². The van der Waals surface area contributed by atoms with E-state index in [0.29, 0.717) is 5.92 Å². The Morgan fingerprint density at radius 3 is 2.88 bits per heavy atom. The normalized spacial score (nSPS) is 34.8. The van der Waals surface area contributed by atoms with Gasteiger partial charge in [-0.3, -0.25) is 0 Å². The van der Waals surface area contributed by atoms with E-state index in [1.54, 1.807) is 0 Å². The van der Waals surface area contributed by atoms with Crippen LogP contribution in [-0.2, 0) is 0 Å². The van der Waals surface area contributed by atoms with E-state index in [2.05, 4.69) is 25.2 Å². The van der Waals surface area contributed by atoms with E-state index < -0.39 is 0 Å². The van der Waals surface area contributed by atoms with Crippen molar-refractivity contribution in [1.82, 2.24) is 10.2 Å². The molecule has 4 heteroatoms. The SMILES string of the molecule is CC1C2NC(=S)N(C)C1(C)Oc1ccccc12. The maximum Gasteiger partial charge on any atom is 0.186 e. The number of hydrogen-bond donors (Lipinski definition) is 1. The average Bonchev–Trinajstić information content (AvgIpc) is 2.32. The summed E-state index contributed by atoms with van der Waals surface area (Å²) < 4.78 is 6.18. The second kappa shape index (κ2) is 3.35. The van der Waals surface area contributed by atoms with Gasteiger partial charge in [0.15, 0.2) is 10.8 Å². The first-order valence-electron chi connectivity index (χ1n) is 5.86. The molecule has 3 rings (SSSR count). The van der Waals surface area contributed by atoms with Crippen LogP contribution in [-0.4, -0.2) is 22.8 Å². The van der Waals surface area contributed by atoms with Crippen molar-refractivity contribution in [3.05, 3.63) is 29.8 Å². The van der Waals surface area contributed by atoms with Crippen LogP contribution in [0.4, 0.5) is 0 Å². The molecule has 2 aliphatic heterocycles. The molecule has 0 radical (unpaired) electrons. The van der Waals surface area contributed by atoms with E-state index in [1.807, 2.05) is 30.1 Å². The van der Waals surface area contributed by atoms with Crippen LogP contribution in [0, 0.1) is 5.92 Å². The van der Waals surface area contributed by atoms with Gasteiger partial charge < -0.3 is 15.0 Å². The van der Waals surface area contributed by atoms with Crippen LogP contribution in [0.25, 0.3) is 0 Å². The predicted octanol–water partition coefficient (Wildman–Crippen LogP) is 2.29. The van der Waals surface area contributed by atoms with Crippen molar-refractivity contribution in [2.45, 2.75) is 25.6 Å². The summed E-state index contributed by atoms with van der Waals surface area (Å²) in [6.07, 6.45) is 0. The topological polar surface area (TPSA) is 24.5 Å². The number of rotatable bonds is 0. The number of benzene rings is 1. The van der Waals surface area contributed by atoms with Gasteiger partial charge in [-0.2, -0.15) is 0 Å². The second-order valence-corrected chi connectivity index (χ2v) is 5.36. The molecule has 0 aliphatic carbocycles. The molecule has 1 fully saturated rings. The van der Waals surface area contributed by atoms with Gasteiger partial charge in [-0.05, 0) is 25.2 Å². The number of para-hydroxylation sites is 1. The molecule has 1 saturated heterocycles. The van der Waals surface area contributed by atoms with Crippen molar-refractivity contribution < 1.29 is 4.74 Å². The second-order valence-electron chi connectivity index (χ2n) is 4.97. The maximum absolute atomic E-state index is 6.18. The summed E-state index contributed by atoms with van der Waals surface area (Å²) in [4.78, 5) is 2.01. The van der Waals surface area contributed by atoms with Gasteiger partial charge in [-0.1, -0.05) is 25.1 Å². The largest absolute Gasteiger partial charge is 0.467 e. The van der Waals surface area contributed by atoms with Gasteiger partial charge in [0.05, 0.1) is 6.04 Å². The molecule has 3 unspecified atom stereocenters. The van der Waals surface area contributed by atoms with E-state index in [9.17, 15) is 0 Å². The number of hydrogen-bond acceptors (Lipinski definition) is 2. The fourth-order valence-electron chi connectivity index (χ4n) is 2.73. The zero-order valence-electron chi connectivity index (χ0n) is 10.2. The van der Waals surface area contributed by atoms with Crippen molar-refractivity contribution in [2.24, 2.45) is 5.92 Å². The van der Waals surface area contributed by atoms with Crippen LogP contribution < -0.4 is 10.1 Å². The molecule has 1 aromatic carbocycles. The van der Waals surface area contributed by atoms with Crippen LogP contribution in [0.5, 0.6) is 5.75 Å². The summed E-state index contributed by atoms with van der Waals surface area (Å²) in [5.41, 5.74) is 0.842. The summed E-state index contributed by atoms with van der Waals surface area (Å²) in [6.45, 7) is 4.31. The molecule has 1 aromatic rings. The Labute approximate surface area is 107 Å². The monoisotopic (exact) mass is 248 g/mol. The molecule has 0 aromatic heterocycles. The maximum atomic E-state index is 6.18. The van der Waals surface area contributed by atoms with E-state index in [1.165, 1.54) is 5.56 Å². The standard InChI is InChI=1S/C13H16N2OS/c1-8-11-9-6-4-5-7-10(9)16-13(8,2)15(3)12(17)14-11/h4-8,11H,1-3H3,(H,14,17). The van der Waals surface area contributed by atoms with Gasteiger partial charge in [0.25, 0.3) is 0 Å². The average molecular weight is 248 g/mol. The molecule has 2 aliphatic rings. The molecule has 3 atom stereocenters. The summed E-state index contributed by atoms with van der Waals surface area (Å²) in [6, 6.07) is 8.42. The van der Waals surface area contributed by atoms with Crippen LogP contribution in [0.15, 0.2) is 24.3 Å². The smallest absolute Gasteiger partial charge is 0.186 e. The lowest BCUT2D eigenvalue weighted by Gasteiger charge is -2.55. The molecule has 17 heavy (non-hydrogen) atoms. The van der Waals surface area contributed by atoms with Crippen molar-refractivity contribution in [2.75, 3.05) is 7.05 Å². The number of fused-ring (bicyclic) bond motifs is 4. The third-order valence-electron chi connectivity index (χ3n) is 4.17. The fraction of sp³-hybridized carbons (Fsp3) is 0.462. The summed E-state index contributed by atoms with van der Waals surface area (Å²) >= 11 is 5.37. The first-order valence-corrected chi connectivity index (χ1v) is 6.27. The Kier molecular flexibility index (Phi) is 2.14. The molecular formula is C13H16N2OS. The highest BCUT2D eigenvalue weighted by atomic mass is 32.1. The Bertz CT molecular complexity index is 490. The lowest BCUT2D eigenvalue weighted by Crippen LogP contribution is -2.67. The highest BCUT2D eigenvalue weighted by Crippen LogP contribution is 2.46. The Balaban J connectivity index is 2.17. The zero-order valence-corrected chi connectivity index (χ0v) is 11.0. The van der Waals surface area contributed by atoms with E-state index in [-0.39, 0.29) is 11.8 Å². The van der Waals surface area contributed by atoms with Gasteiger partial charge in [-0.15, -0.1) is 0 Å². The Hall–Kier alpha value is -1.29. The molecule has 3 nitrogen and oxygen atoms in total. The Morgan fingerprint density at radius 1 is 1.41 bits per heavy atom. The zero-order chi connectivity index (χ0) is 12.2.